The van der Waals surface area contributed by atoms with Crippen molar-refractivity contribution in [2.75, 3.05) is 4.90 Å². The summed E-state index contributed by atoms with van der Waals surface area (Å²) in [7, 11) is 0. The first-order chi connectivity index (χ1) is 15.1. The van der Waals surface area contributed by atoms with Crippen molar-refractivity contribution in [3.8, 4) is 5.75 Å². The van der Waals surface area contributed by atoms with E-state index >= 15 is 0 Å². The predicted octanol–water partition coefficient (Wildman–Crippen LogP) is 8.25. The third-order valence-electron chi connectivity index (χ3n) is 5.73. The van der Waals surface area contributed by atoms with E-state index in [1.54, 1.807) is 23.1 Å². The van der Waals surface area contributed by atoms with Gasteiger partial charge in [0.2, 0.25) is 0 Å². The molecule has 0 atom stereocenters. The Hall–Kier alpha value is -2.49. The molecule has 1 aliphatic rings. The van der Waals surface area contributed by atoms with Gasteiger partial charge in [-0.15, -0.1) is 0 Å². The monoisotopic (exact) mass is 453 g/mol. The van der Waals surface area contributed by atoms with E-state index < -0.39 is 6.09 Å². The fraction of sp³-hybridized carbons (Fsp3) is 0.269. The molecule has 1 amide bonds. The number of carbonyl (C=O) groups excluding carboxylic acids is 1. The van der Waals surface area contributed by atoms with Crippen LogP contribution in [0, 0.1) is 0 Å². The van der Waals surface area contributed by atoms with Crippen molar-refractivity contribution >= 4 is 35.0 Å². The standard InChI is InChI=1S/C26H25Cl2NO2/c27-22-15-23(28)17-25(16-22)31-26(30)29(18-19-7-3-1-4-8-19)24-13-11-21(12-14-24)20-9-5-2-6-10-20/h1,3-4,7-8,11-17,20H,2,5-6,9-10,18H2. The topological polar surface area (TPSA) is 29.5 Å². The summed E-state index contributed by atoms with van der Waals surface area (Å²) in [5.41, 5.74) is 3.15. The second-order valence-electron chi connectivity index (χ2n) is 7.97. The highest BCUT2D eigenvalue weighted by atomic mass is 35.5. The van der Waals surface area contributed by atoms with E-state index in [0.29, 0.717) is 28.3 Å². The highest BCUT2D eigenvalue weighted by Crippen LogP contribution is 2.34. The Kier molecular flexibility index (Phi) is 7.16. The summed E-state index contributed by atoms with van der Waals surface area (Å²) in [4.78, 5) is 14.8. The van der Waals surface area contributed by atoms with Crippen molar-refractivity contribution in [1.29, 1.82) is 0 Å². The smallest absolute Gasteiger partial charge is 0.410 e. The SMILES string of the molecule is O=C(Oc1cc(Cl)cc(Cl)c1)N(Cc1ccccc1)c1ccc(C2CCCCC2)cc1. The molecule has 1 aliphatic carbocycles. The normalized spacial score (nSPS) is 14.3. The van der Waals surface area contributed by atoms with E-state index in [9.17, 15) is 4.79 Å². The number of anilines is 1. The summed E-state index contributed by atoms with van der Waals surface area (Å²) < 4.78 is 5.63. The maximum atomic E-state index is 13.1. The van der Waals surface area contributed by atoms with Crippen molar-refractivity contribution in [2.24, 2.45) is 0 Å². The van der Waals surface area contributed by atoms with Gasteiger partial charge in [0.25, 0.3) is 0 Å². The zero-order valence-corrected chi connectivity index (χ0v) is 18.8. The van der Waals surface area contributed by atoms with Crippen molar-refractivity contribution in [1.82, 2.24) is 0 Å². The first kappa shape index (κ1) is 21.7. The fourth-order valence-corrected chi connectivity index (χ4v) is 4.64. The van der Waals surface area contributed by atoms with E-state index in [4.69, 9.17) is 27.9 Å². The first-order valence-corrected chi connectivity index (χ1v) is 11.4. The van der Waals surface area contributed by atoms with E-state index in [0.717, 1.165) is 11.3 Å². The minimum absolute atomic E-state index is 0.319. The van der Waals surface area contributed by atoms with Gasteiger partial charge in [-0.25, -0.2) is 4.79 Å². The molecular weight excluding hydrogens is 429 g/mol. The molecule has 5 heteroatoms. The van der Waals surface area contributed by atoms with Crippen molar-refractivity contribution in [3.05, 3.63) is 94.0 Å². The molecule has 3 aromatic carbocycles. The Labute approximate surface area is 193 Å². The molecule has 1 saturated carbocycles. The average molecular weight is 454 g/mol. The summed E-state index contributed by atoms with van der Waals surface area (Å²) in [6, 6.07) is 22.9. The lowest BCUT2D eigenvalue weighted by Crippen LogP contribution is -2.33. The highest BCUT2D eigenvalue weighted by Gasteiger charge is 2.21. The fourth-order valence-electron chi connectivity index (χ4n) is 4.13. The zero-order valence-electron chi connectivity index (χ0n) is 17.3. The van der Waals surface area contributed by atoms with Gasteiger partial charge >= 0.3 is 6.09 Å². The molecule has 3 aromatic rings. The highest BCUT2D eigenvalue weighted by molar-refractivity contribution is 6.34. The van der Waals surface area contributed by atoms with Gasteiger partial charge in [-0.1, -0.05) is 84.9 Å². The van der Waals surface area contributed by atoms with Crippen LogP contribution < -0.4 is 9.64 Å². The van der Waals surface area contributed by atoms with Crippen molar-refractivity contribution < 1.29 is 9.53 Å². The number of amides is 1. The lowest BCUT2D eigenvalue weighted by atomic mass is 9.84. The van der Waals surface area contributed by atoms with Crippen LogP contribution in [0.25, 0.3) is 0 Å². The number of nitrogens with zero attached hydrogens (tertiary/aromatic N) is 1. The molecular formula is C26H25Cl2NO2. The molecule has 4 rings (SSSR count). The largest absolute Gasteiger partial charge is 0.420 e. The number of hydrogen-bond acceptors (Lipinski definition) is 2. The van der Waals surface area contributed by atoms with Crippen LogP contribution in [0.4, 0.5) is 10.5 Å². The number of hydrogen-bond donors (Lipinski definition) is 0. The van der Waals surface area contributed by atoms with Crippen LogP contribution in [-0.2, 0) is 6.54 Å². The number of carbonyl (C=O) groups is 1. The lowest BCUT2D eigenvalue weighted by molar-refractivity contribution is 0.207. The number of halogens is 2. The Bertz CT molecular complexity index is 995. The number of rotatable bonds is 5. The van der Waals surface area contributed by atoms with Gasteiger partial charge in [-0.2, -0.15) is 0 Å². The second-order valence-corrected chi connectivity index (χ2v) is 8.84. The van der Waals surface area contributed by atoms with Crippen LogP contribution in [0.2, 0.25) is 10.0 Å². The van der Waals surface area contributed by atoms with Gasteiger partial charge in [-0.05, 0) is 60.2 Å². The van der Waals surface area contributed by atoms with E-state index in [-0.39, 0.29) is 0 Å². The molecule has 160 valence electrons. The van der Waals surface area contributed by atoms with Crippen LogP contribution >= 0.6 is 23.2 Å². The molecule has 0 spiro atoms. The van der Waals surface area contributed by atoms with E-state index in [1.165, 1.54) is 37.7 Å². The van der Waals surface area contributed by atoms with E-state index in [1.807, 2.05) is 42.5 Å². The van der Waals surface area contributed by atoms with Crippen molar-refractivity contribution in [3.63, 3.8) is 0 Å². The molecule has 3 nitrogen and oxygen atoms in total. The lowest BCUT2D eigenvalue weighted by Gasteiger charge is -2.25. The van der Waals surface area contributed by atoms with Crippen LogP contribution in [0.15, 0.2) is 72.8 Å². The zero-order chi connectivity index (χ0) is 21.6. The number of ether oxygens (including phenoxy) is 1. The summed E-state index contributed by atoms with van der Waals surface area (Å²) in [5, 5.41) is 0.837. The molecule has 1 fully saturated rings. The van der Waals surface area contributed by atoms with Gasteiger partial charge in [0, 0.05) is 15.7 Å². The summed E-state index contributed by atoms with van der Waals surface area (Å²) in [6.07, 6.45) is 5.92. The van der Waals surface area contributed by atoms with Gasteiger partial charge < -0.3 is 4.74 Å². The van der Waals surface area contributed by atoms with Crippen LogP contribution in [0.1, 0.15) is 49.1 Å². The van der Waals surface area contributed by atoms with Crippen LogP contribution in [-0.4, -0.2) is 6.09 Å². The molecule has 0 saturated heterocycles. The molecule has 0 aromatic heterocycles. The third-order valence-corrected chi connectivity index (χ3v) is 6.16. The Morgan fingerprint density at radius 3 is 2.16 bits per heavy atom. The molecule has 0 radical (unpaired) electrons. The first-order valence-electron chi connectivity index (χ1n) is 10.7. The Morgan fingerprint density at radius 1 is 0.871 bits per heavy atom. The molecule has 0 N–H and O–H groups in total. The van der Waals surface area contributed by atoms with Gasteiger partial charge in [0.1, 0.15) is 5.75 Å². The minimum atomic E-state index is -0.479. The number of benzene rings is 3. The van der Waals surface area contributed by atoms with Crippen LogP contribution in [0.3, 0.4) is 0 Å². The molecule has 0 aliphatic heterocycles. The summed E-state index contributed by atoms with van der Waals surface area (Å²) in [5.74, 6) is 0.935. The Morgan fingerprint density at radius 2 is 1.52 bits per heavy atom. The maximum Gasteiger partial charge on any atom is 0.420 e. The molecule has 0 bridgehead atoms. The van der Waals surface area contributed by atoms with Gasteiger partial charge in [0.05, 0.1) is 6.54 Å². The summed E-state index contributed by atoms with van der Waals surface area (Å²) in [6.45, 7) is 0.400. The maximum absolute atomic E-state index is 13.1. The molecule has 0 unspecified atom stereocenters. The summed E-state index contributed by atoms with van der Waals surface area (Å²) >= 11 is 12.1. The Balaban J connectivity index is 1.58. The third kappa shape index (κ3) is 5.81. The van der Waals surface area contributed by atoms with Gasteiger partial charge in [0.15, 0.2) is 0 Å². The minimum Gasteiger partial charge on any atom is -0.410 e. The molecule has 31 heavy (non-hydrogen) atoms. The molecule has 0 heterocycles. The predicted molar refractivity (Wildman–Crippen MR) is 127 cm³/mol. The van der Waals surface area contributed by atoms with Crippen LogP contribution in [0.5, 0.6) is 5.75 Å². The van der Waals surface area contributed by atoms with Gasteiger partial charge in [-0.3, -0.25) is 4.90 Å². The average Bonchev–Trinajstić information content (AvgIpc) is 2.78. The quantitative estimate of drug-likeness (QED) is 0.388. The van der Waals surface area contributed by atoms with Crippen molar-refractivity contribution in [2.45, 2.75) is 44.6 Å². The second kappa shape index (κ2) is 10.2. The van der Waals surface area contributed by atoms with E-state index in [2.05, 4.69) is 12.1 Å².